The van der Waals surface area contributed by atoms with E-state index in [4.69, 9.17) is 5.73 Å². The van der Waals surface area contributed by atoms with Crippen molar-refractivity contribution in [2.24, 2.45) is 0 Å². The molecule has 0 bridgehead atoms. The normalized spacial score (nSPS) is 13.5. The Morgan fingerprint density at radius 1 is 1.30 bits per heavy atom. The van der Waals surface area contributed by atoms with E-state index >= 15 is 0 Å². The number of rotatable bonds is 5. The molecule has 6 heteroatoms. The van der Waals surface area contributed by atoms with Gasteiger partial charge in [-0.15, -0.1) is 0 Å². The van der Waals surface area contributed by atoms with Crippen molar-refractivity contribution in [3.05, 3.63) is 36.4 Å². The molecule has 0 radical (unpaired) electrons. The summed E-state index contributed by atoms with van der Waals surface area (Å²) in [6.45, 7) is 2.39. The zero-order valence-electron chi connectivity index (χ0n) is 11.5. The van der Waals surface area contributed by atoms with Crippen molar-refractivity contribution < 1.29 is 8.42 Å². The fourth-order valence-corrected chi connectivity index (χ4v) is 3.61. The number of nitrogens with one attached hydrogen (secondary N) is 1. The monoisotopic (exact) mass is 310 g/mol. The quantitative estimate of drug-likeness (QED) is 0.832. The van der Waals surface area contributed by atoms with E-state index in [9.17, 15) is 8.42 Å². The standard InChI is InChI=1S/C14H18N2O2S2/c1-10(19-2)9-16-20(17,18)14-5-3-4-11-8-12(15)6-7-13(11)14/h3-8,10,16H,9,15H2,1-2H3. The Hall–Kier alpha value is -1.24. The van der Waals surface area contributed by atoms with Crippen LogP contribution in [0.25, 0.3) is 10.8 Å². The van der Waals surface area contributed by atoms with Crippen LogP contribution in [0, 0.1) is 0 Å². The molecule has 2 aromatic rings. The maximum absolute atomic E-state index is 12.4. The van der Waals surface area contributed by atoms with Crippen molar-refractivity contribution in [3.63, 3.8) is 0 Å². The van der Waals surface area contributed by atoms with E-state index in [2.05, 4.69) is 4.72 Å². The van der Waals surface area contributed by atoms with Crippen LogP contribution in [0.1, 0.15) is 6.92 Å². The minimum Gasteiger partial charge on any atom is -0.399 e. The van der Waals surface area contributed by atoms with Gasteiger partial charge >= 0.3 is 0 Å². The molecule has 0 aliphatic carbocycles. The molecular formula is C14H18N2O2S2. The van der Waals surface area contributed by atoms with Gasteiger partial charge in [-0.1, -0.05) is 25.1 Å². The molecule has 0 aliphatic heterocycles. The topological polar surface area (TPSA) is 72.2 Å². The van der Waals surface area contributed by atoms with Crippen LogP contribution < -0.4 is 10.5 Å². The van der Waals surface area contributed by atoms with Gasteiger partial charge in [0.15, 0.2) is 0 Å². The molecule has 0 aromatic heterocycles. The minimum absolute atomic E-state index is 0.232. The predicted octanol–water partition coefficient (Wildman–Crippen LogP) is 2.45. The second-order valence-corrected chi connectivity index (χ2v) is 7.65. The summed E-state index contributed by atoms with van der Waals surface area (Å²) in [4.78, 5) is 0.295. The van der Waals surface area contributed by atoms with Crippen LogP contribution in [-0.4, -0.2) is 26.5 Å². The van der Waals surface area contributed by atoms with Gasteiger partial charge in [0.1, 0.15) is 0 Å². The number of sulfonamides is 1. The number of thioether (sulfide) groups is 1. The van der Waals surface area contributed by atoms with Crippen molar-refractivity contribution in [1.29, 1.82) is 0 Å². The minimum atomic E-state index is -3.51. The fourth-order valence-electron chi connectivity index (χ4n) is 1.89. The number of anilines is 1. The lowest BCUT2D eigenvalue weighted by Gasteiger charge is -2.12. The number of nitrogens with two attached hydrogens (primary N) is 1. The second kappa shape index (κ2) is 6.03. The summed E-state index contributed by atoms with van der Waals surface area (Å²) in [5, 5.41) is 1.74. The highest BCUT2D eigenvalue weighted by Crippen LogP contribution is 2.24. The molecule has 2 aromatic carbocycles. The molecule has 0 spiro atoms. The Morgan fingerprint density at radius 3 is 2.75 bits per heavy atom. The molecule has 3 N–H and O–H groups in total. The zero-order chi connectivity index (χ0) is 14.8. The first-order valence-electron chi connectivity index (χ1n) is 6.25. The first kappa shape index (κ1) is 15.2. The molecule has 2 rings (SSSR count). The number of hydrogen-bond acceptors (Lipinski definition) is 4. The average Bonchev–Trinajstić information content (AvgIpc) is 2.43. The van der Waals surface area contributed by atoms with Crippen LogP contribution in [0.3, 0.4) is 0 Å². The van der Waals surface area contributed by atoms with Gasteiger partial charge in [-0.3, -0.25) is 0 Å². The maximum Gasteiger partial charge on any atom is 0.241 e. The van der Waals surface area contributed by atoms with E-state index in [-0.39, 0.29) is 5.25 Å². The molecule has 108 valence electrons. The molecular weight excluding hydrogens is 292 g/mol. The summed E-state index contributed by atoms with van der Waals surface area (Å²) in [6.07, 6.45) is 1.96. The van der Waals surface area contributed by atoms with Crippen LogP contribution >= 0.6 is 11.8 Å². The summed E-state index contributed by atoms with van der Waals surface area (Å²) < 4.78 is 27.5. The van der Waals surface area contributed by atoms with E-state index in [1.807, 2.05) is 19.2 Å². The van der Waals surface area contributed by atoms with Crippen molar-refractivity contribution in [2.75, 3.05) is 18.5 Å². The summed E-state index contributed by atoms with van der Waals surface area (Å²) in [7, 11) is -3.51. The molecule has 0 heterocycles. The Morgan fingerprint density at radius 2 is 2.05 bits per heavy atom. The Labute approximate surface area is 123 Å². The molecule has 0 saturated heterocycles. The van der Waals surface area contributed by atoms with Gasteiger partial charge in [-0.05, 0) is 29.8 Å². The smallest absolute Gasteiger partial charge is 0.241 e. The molecule has 0 aliphatic rings. The first-order chi connectivity index (χ1) is 9.44. The summed E-state index contributed by atoms with van der Waals surface area (Å²) in [5.74, 6) is 0. The highest BCUT2D eigenvalue weighted by Gasteiger charge is 2.17. The van der Waals surface area contributed by atoms with Gasteiger partial charge < -0.3 is 5.73 Å². The number of fused-ring (bicyclic) bond motifs is 1. The van der Waals surface area contributed by atoms with Crippen LogP contribution in [0.15, 0.2) is 41.3 Å². The summed E-state index contributed by atoms with van der Waals surface area (Å²) in [5.41, 5.74) is 6.35. The molecule has 0 fully saturated rings. The van der Waals surface area contributed by atoms with Crippen LogP contribution in [0.2, 0.25) is 0 Å². The Bertz CT molecular complexity index is 714. The maximum atomic E-state index is 12.4. The van der Waals surface area contributed by atoms with Crippen molar-refractivity contribution in [3.8, 4) is 0 Å². The Balaban J connectivity index is 2.41. The van der Waals surface area contributed by atoms with Gasteiger partial charge in [0, 0.05) is 22.9 Å². The number of hydrogen-bond donors (Lipinski definition) is 2. The lowest BCUT2D eigenvalue weighted by molar-refractivity contribution is 0.582. The number of benzene rings is 2. The van der Waals surface area contributed by atoms with Crippen molar-refractivity contribution in [1.82, 2.24) is 4.72 Å². The number of nitrogen functional groups attached to an aromatic ring is 1. The van der Waals surface area contributed by atoms with Gasteiger partial charge in [0.05, 0.1) is 4.90 Å². The molecule has 0 saturated carbocycles. The van der Waals surface area contributed by atoms with Gasteiger partial charge in [-0.25, -0.2) is 13.1 Å². The summed E-state index contributed by atoms with van der Waals surface area (Å²) in [6, 6.07) is 10.4. The fraction of sp³-hybridized carbons (Fsp3) is 0.286. The lowest BCUT2D eigenvalue weighted by atomic mass is 10.1. The molecule has 20 heavy (non-hydrogen) atoms. The molecule has 0 amide bonds. The third-order valence-electron chi connectivity index (χ3n) is 3.12. The van der Waals surface area contributed by atoms with Gasteiger partial charge in [-0.2, -0.15) is 11.8 Å². The summed E-state index contributed by atoms with van der Waals surface area (Å²) >= 11 is 1.62. The molecule has 1 unspecified atom stereocenters. The van der Waals surface area contributed by atoms with E-state index in [1.165, 1.54) is 0 Å². The van der Waals surface area contributed by atoms with E-state index in [1.54, 1.807) is 42.1 Å². The third-order valence-corrected chi connectivity index (χ3v) is 5.57. The Kier molecular flexibility index (Phi) is 4.57. The van der Waals surface area contributed by atoms with Crippen LogP contribution in [-0.2, 0) is 10.0 Å². The lowest BCUT2D eigenvalue weighted by Crippen LogP contribution is -2.29. The largest absolute Gasteiger partial charge is 0.399 e. The second-order valence-electron chi connectivity index (χ2n) is 4.63. The van der Waals surface area contributed by atoms with Gasteiger partial charge in [0.25, 0.3) is 0 Å². The third kappa shape index (κ3) is 3.26. The SMILES string of the molecule is CSC(C)CNS(=O)(=O)c1cccc2cc(N)ccc12. The highest BCUT2D eigenvalue weighted by molar-refractivity contribution is 7.99. The first-order valence-corrected chi connectivity index (χ1v) is 9.02. The van der Waals surface area contributed by atoms with Crippen molar-refractivity contribution >= 4 is 38.2 Å². The average molecular weight is 310 g/mol. The van der Waals surface area contributed by atoms with Crippen LogP contribution in [0.4, 0.5) is 5.69 Å². The van der Waals surface area contributed by atoms with E-state index < -0.39 is 10.0 Å². The zero-order valence-corrected chi connectivity index (χ0v) is 13.1. The molecule has 4 nitrogen and oxygen atoms in total. The van der Waals surface area contributed by atoms with E-state index in [0.717, 1.165) is 5.39 Å². The molecule has 1 atom stereocenters. The predicted molar refractivity (Wildman–Crippen MR) is 86.5 cm³/mol. The van der Waals surface area contributed by atoms with Gasteiger partial charge in [0.2, 0.25) is 10.0 Å². The highest BCUT2D eigenvalue weighted by atomic mass is 32.2. The van der Waals surface area contributed by atoms with Crippen molar-refractivity contribution in [2.45, 2.75) is 17.1 Å². The van der Waals surface area contributed by atoms with Crippen LogP contribution in [0.5, 0.6) is 0 Å². The van der Waals surface area contributed by atoms with E-state index in [0.29, 0.717) is 22.5 Å².